The highest BCUT2D eigenvalue weighted by molar-refractivity contribution is 9.10. The van der Waals surface area contributed by atoms with Gasteiger partial charge in [0.25, 0.3) is 0 Å². The molecule has 0 aromatic heterocycles. The molecule has 35 heavy (non-hydrogen) atoms. The average Bonchev–Trinajstić information content (AvgIpc) is 2.87. The third-order valence-corrected chi connectivity index (χ3v) is 6.06. The average molecular weight is 546 g/mol. The van der Waals surface area contributed by atoms with E-state index in [1.54, 1.807) is 43.7 Å². The van der Waals surface area contributed by atoms with Gasteiger partial charge in [-0.15, -0.1) is 0 Å². The van der Waals surface area contributed by atoms with Crippen LogP contribution < -0.4 is 14.2 Å². The molecule has 1 aliphatic heterocycles. The first kappa shape index (κ1) is 26.2. The van der Waals surface area contributed by atoms with E-state index in [1.165, 1.54) is 14.2 Å². The lowest BCUT2D eigenvalue weighted by Crippen LogP contribution is -2.28. The van der Waals surface area contributed by atoms with Crippen LogP contribution in [-0.4, -0.2) is 51.9 Å². The zero-order chi connectivity index (χ0) is 25.5. The highest BCUT2D eigenvalue weighted by atomic mass is 79.9. The van der Waals surface area contributed by atoms with Gasteiger partial charge in [0.05, 0.1) is 56.6 Å². The van der Waals surface area contributed by atoms with Gasteiger partial charge in [-0.25, -0.2) is 9.59 Å². The van der Waals surface area contributed by atoms with E-state index in [-0.39, 0.29) is 11.1 Å². The molecule has 186 valence electrons. The molecule has 8 nitrogen and oxygen atoms in total. The summed E-state index contributed by atoms with van der Waals surface area (Å²) in [5.41, 5.74) is 2.15. The first-order valence-electron chi connectivity index (χ1n) is 10.9. The van der Waals surface area contributed by atoms with Gasteiger partial charge in [0.1, 0.15) is 5.75 Å². The molecule has 2 aromatic carbocycles. The van der Waals surface area contributed by atoms with Crippen molar-refractivity contribution in [2.24, 2.45) is 0 Å². The van der Waals surface area contributed by atoms with Crippen molar-refractivity contribution in [2.45, 2.75) is 19.4 Å². The van der Waals surface area contributed by atoms with Gasteiger partial charge in [-0.2, -0.15) is 0 Å². The summed E-state index contributed by atoms with van der Waals surface area (Å²) in [6.07, 6.45) is 3.37. The SMILES string of the molecule is CCOc1cc(C2C(C(=O)OC)=CN(Cc3ccc(OC)cc3)C=C2C(=O)OC)cc(Br)c1OC. The number of benzene rings is 2. The molecular formula is C26H28BrNO7. The molecule has 0 bridgehead atoms. The molecule has 0 unspecified atom stereocenters. The Kier molecular flexibility index (Phi) is 8.81. The Morgan fingerprint density at radius 2 is 1.51 bits per heavy atom. The van der Waals surface area contributed by atoms with Crippen LogP contribution in [0.5, 0.6) is 17.2 Å². The third kappa shape index (κ3) is 5.79. The smallest absolute Gasteiger partial charge is 0.336 e. The van der Waals surface area contributed by atoms with Crippen molar-refractivity contribution in [3.63, 3.8) is 0 Å². The third-order valence-electron chi connectivity index (χ3n) is 5.47. The standard InChI is InChI=1S/C26H28BrNO7/c1-6-35-22-12-17(11-21(27)24(22)32-3)23-19(25(29)33-4)14-28(15-20(23)26(30)34-5)13-16-7-9-18(31-2)10-8-16/h7-12,14-15,23H,6,13H2,1-5H3. The van der Waals surface area contributed by atoms with Crippen LogP contribution in [0.15, 0.2) is 64.4 Å². The van der Waals surface area contributed by atoms with Gasteiger partial charge >= 0.3 is 11.9 Å². The Morgan fingerprint density at radius 3 is 2.00 bits per heavy atom. The van der Waals surface area contributed by atoms with Crippen LogP contribution in [0.1, 0.15) is 24.0 Å². The number of rotatable bonds is 9. The van der Waals surface area contributed by atoms with Crippen molar-refractivity contribution >= 4 is 27.9 Å². The quantitative estimate of drug-likeness (QED) is 0.423. The summed E-state index contributed by atoms with van der Waals surface area (Å²) in [4.78, 5) is 27.6. The molecule has 0 atom stereocenters. The number of esters is 2. The molecule has 0 spiro atoms. The second-order valence-electron chi connectivity index (χ2n) is 7.57. The maximum atomic E-state index is 12.9. The summed E-state index contributed by atoms with van der Waals surface area (Å²) >= 11 is 3.51. The number of carbonyl (C=O) groups excluding carboxylic acids is 2. The van der Waals surface area contributed by atoms with Crippen LogP contribution in [0.3, 0.4) is 0 Å². The molecule has 9 heteroatoms. The van der Waals surface area contributed by atoms with E-state index < -0.39 is 17.9 Å². The Balaban J connectivity index is 2.12. The van der Waals surface area contributed by atoms with Crippen LogP contribution in [-0.2, 0) is 25.6 Å². The highest BCUT2D eigenvalue weighted by Gasteiger charge is 2.36. The predicted molar refractivity (Wildman–Crippen MR) is 133 cm³/mol. The summed E-state index contributed by atoms with van der Waals surface area (Å²) in [6.45, 7) is 2.68. The Morgan fingerprint density at radius 1 is 0.914 bits per heavy atom. The molecule has 0 fully saturated rings. The van der Waals surface area contributed by atoms with Crippen LogP contribution in [0.4, 0.5) is 0 Å². The second kappa shape index (κ2) is 11.8. The van der Waals surface area contributed by atoms with Crippen molar-refractivity contribution in [2.75, 3.05) is 35.0 Å². The van der Waals surface area contributed by atoms with Crippen LogP contribution in [0.2, 0.25) is 0 Å². The van der Waals surface area contributed by atoms with Crippen molar-refractivity contribution in [1.82, 2.24) is 4.90 Å². The summed E-state index contributed by atoms with van der Waals surface area (Å²) in [5.74, 6) is -0.140. The minimum Gasteiger partial charge on any atom is -0.497 e. The van der Waals surface area contributed by atoms with Gasteiger partial charge < -0.3 is 28.6 Å². The zero-order valence-corrected chi connectivity index (χ0v) is 21.9. The van der Waals surface area contributed by atoms with E-state index in [0.29, 0.717) is 34.7 Å². The monoisotopic (exact) mass is 545 g/mol. The first-order chi connectivity index (χ1) is 16.9. The Hall–Kier alpha value is -3.46. The Bertz CT molecular complexity index is 1110. The fourth-order valence-corrected chi connectivity index (χ4v) is 4.52. The Labute approximate surface area is 213 Å². The van der Waals surface area contributed by atoms with E-state index >= 15 is 0 Å². The lowest BCUT2D eigenvalue weighted by molar-refractivity contribution is -0.137. The molecule has 0 radical (unpaired) electrons. The molecule has 0 saturated heterocycles. The minimum atomic E-state index is -0.747. The maximum Gasteiger partial charge on any atom is 0.336 e. The van der Waals surface area contributed by atoms with Gasteiger partial charge in [0, 0.05) is 18.9 Å². The van der Waals surface area contributed by atoms with Crippen LogP contribution in [0, 0.1) is 0 Å². The summed E-state index contributed by atoms with van der Waals surface area (Å²) in [7, 11) is 5.75. The van der Waals surface area contributed by atoms with Gasteiger partial charge in [0.2, 0.25) is 0 Å². The molecule has 1 heterocycles. The number of halogens is 1. The van der Waals surface area contributed by atoms with Crippen LogP contribution >= 0.6 is 15.9 Å². The van der Waals surface area contributed by atoms with E-state index in [1.807, 2.05) is 31.2 Å². The summed E-state index contributed by atoms with van der Waals surface area (Å²) < 4.78 is 27.2. The molecule has 0 aliphatic carbocycles. The molecule has 0 amide bonds. The van der Waals surface area contributed by atoms with Gasteiger partial charge in [-0.05, 0) is 58.2 Å². The summed E-state index contributed by atoms with van der Waals surface area (Å²) in [5, 5.41) is 0. The molecule has 3 rings (SSSR count). The van der Waals surface area contributed by atoms with Gasteiger partial charge in [-0.3, -0.25) is 0 Å². The van der Waals surface area contributed by atoms with Crippen molar-refractivity contribution < 1.29 is 33.3 Å². The van der Waals surface area contributed by atoms with Crippen LogP contribution in [0.25, 0.3) is 0 Å². The van der Waals surface area contributed by atoms with E-state index in [4.69, 9.17) is 23.7 Å². The number of methoxy groups -OCH3 is 4. The fourth-order valence-electron chi connectivity index (χ4n) is 3.90. The van der Waals surface area contributed by atoms with Gasteiger partial charge in [0.15, 0.2) is 11.5 Å². The number of carbonyl (C=O) groups is 2. The lowest BCUT2D eigenvalue weighted by Gasteiger charge is -2.30. The summed E-state index contributed by atoms with van der Waals surface area (Å²) in [6, 6.07) is 11.1. The second-order valence-corrected chi connectivity index (χ2v) is 8.43. The van der Waals surface area contributed by atoms with E-state index in [9.17, 15) is 9.59 Å². The highest BCUT2D eigenvalue weighted by Crippen LogP contribution is 2.44. The maximum absolute atomic E-state index is 12.9. The molecule has 0 N–H and O–H groups in total. The normalized spacial score (nSPS) is 13.5. The molecule has 0 saturated carbocycles. The first-order valence-corrected chi connectivity index (χ1v) is 11.6. The fraction of sp³-hybridized carbons (Fsp3) is 0.308. The zero-order valence-electron chi connectivity index (χ0n) is 20.3. The minimum absolute atomic E-state index is 0.281. The number of nitrogens with zero attached hydrogens (tertiary/aromatic N) is 1. The molecule has 1 aliphatic rings. The van der Waals surface area contributed by atoms with Crippen molar-refractivity contribution in [1.29, 1.82) is 0 Å². The number of hydrogen-bond acceptors (Lipinski definition) is 8. The molecular weight excluding hydrogens is 518 g/mol. The van der Waals surface area contributed by atoms with E-state index in [2.05, 4.69) is 15.9 Å². The van der Waals surface area contributed by atoms with E-state index in [0.717, 1.165) is 11.3 Å². The lowest BCUT2D eigenvalue weighted by atomic mass is 9.83. The number of hydrogen-bond donors (Lipinski definition) is 0. The number of ether oxygens (including phenoxy) is 5. The topological polar surface area (TPSA) is 83.5 Å². The van der Waals surface area contributed by atoms with Gasteiger partial charge in [-0.1, -0.05) is 12.1 Å². The van der Waals surface area contributed by atoms with Crippen molar-refractivity contribution in [3.8, 4) is 17.2 Å². The largest absolute Gasteiger partial charge is 0.497 e. The molecule has 2 aromatic rings. The van der Waals surface area contributed by atoms with Crippen molar-refractivity contribution in [3.05, 3.63) is 75.5 Å². The predicted octanol–water partition coefficient (Wildman–Crippen LogP) is 4.58.